The normalized spacial score (nSPS) is 20.4. The van der Waals surface area contributed by atoms with Crippen LogP contribution in [0.2, 0.25) is 0 Å². The average molecular weight is 384 g/mol. The topological polar surface area (TPSA) is 84.9 Å². The fourth-order valence-electron chi connectivity index (χ4n) is 3.45. The minimum Gasteiger partial charge on any atom is -0.454 e. The molecule has 2 aromatic rings. The SMILES string of the molecule is CCC1(c2ccc(F)cc2)NC(=O)N(CC(=O)c2ccc3c(c2)OCO3)C1=O. The number of rotatable bonds is 5. The van der Waals surface area contributed by atoms with Gasteiger partial charge in [-0.25, -0.2) is 9.18 Å². The monoisotopic (exact) mass is 384 g/mol. The standard InChI is InChI=1S/C20H17FN2O5/c1-2-20(13-4-6-14(21)7-5-13)18(25)23(19(26)22-20)10-15(24)12-3-8-16-17(9-12)28-11-27-16/h3-9H,2,10-11H2,1H3,(H,22,26). The molecule has 28 heavy (non-hydrogen) atoms. The maximum atomic E-state index is 13.3. The quantitative estimate of drug-likeness (QED) is 0.633. The van der Waals surface area contributed by atoms with Crippen LogP contribution < -0.4 is 14.8 Å². The molecule has 2 heterocycles. The Morgan fingerprint density at radius 2 is 1.86 bits per heavy atom. The van der Waals surface area contributed by atoms with Crippen molar-refractivity contribution in [2.24, 2.45) is 0 Å². The van der Waals surface area contributed by atoms with E-state index in [1.165, 1.54) is 30.3 Å². The summed E-state index contributed by atoms with van der Waals surface area (Å²) in [5.41, 5.74) is -0.548. The number of halogens is 1. The van der Waals surface area contributed by atoms with Crippen LogP contribution in [-0.2, 0) is 10.3 Å². The molecule has 1 saturated heterocycles. The number of imide groups is 1. The average Bonchev–Trinajstić information content (AvgIpc) is 3.26. The number of ketones is 1. The van der Waals surface area contributed by atoms with Gasteiger partial charge in [0.15, 0.2) is 17.3 Å². The van der Waals surface area contributed by atoms with E-state index in [2.05, 4.69) is 5.32 Å². The van der Waals surface area contributed by atoms with Crippen LogP contribution >= 0.6 is 0 Å². The number of ether oxygens (including phenoxy) is 2. The minimum absolute atomic E-state index is 0.0800. The number of hydrogen-bond acceptors (Lipinski definition) is 5. The summed E-state index contributed by atoms with van der Waals surface area (Å²) in [5.74, 6) is -0.416. The lowest BCUT2D eigenvalue weighted by Gasteiger charge is -2.25. The lowest BCUT2D eigenvalue weighted by Crippen LogP contribution is -2.43. The number of carbonyl (C=O) groups is 3. The van der Waals surface area contributed by atoms with Crippen LogP contribution in [0.3, 0.4) is 0 Å². The Balaban J connectivity index is 1.58. The number of carbonyl (C=O) groups excluding carboxylic acids is 3. The molecular weight excluding hydrogens is 367 g/mol. The van der Waals surface area contributed by atoms with Gasteiger partial charge in [-0.15, -0.1) is 0 Å². The molecular formula is C20H17FN2O5. The third-order valence-electron chi connectivity index (χ3n) is 5.04. The first kappa shape index (κ1) is 18.0. The van der Waals surface area contributed by atoms with Crippen LogP contribution in [0.15, 0.2) is 42.5 Å². The molecule has 3 amide bonds. The van der Waals surface area contributed by atoms with E-state index in [4.69, 9.17) is 9.47 Å². The van der Waals surface area contributed by atoms with Crippen molar-refractivity contribution < 1.29 is 28.2 Å². The van der Waals surface area contributed by atoms with Crippen LogP contribution in [0.25, 0.3) is 0 Å². The van der Waals surface area contributed by atoms with E-state index in [1.54, 1.807) is 19.1 Å². The van der Waals surface area contributed by atoms with Gasteiger partial charge < -0.3 is 14.8 Å². The molecule has 8 heteroatoms. The summed E-state index contributed by atoms with van der Waals surface area (Å²) in [6, 6.07) is 9.40. The minimum atomic E-state index is -1.32. The van der Waals surface area contributed by atoms with E-state index in [0.717, 1.165) is 4.90 Å². The first-order chi connectivity index (χ1) is 13.4. The summed E-state index contributed by atoms with van der Waals surface area (Å²) >= 11 is 0. The summed E-state index contributed by atoms with van der Waals surface area (Å²) in [6.45, 7) is 1.41. The van der Waals surface area contributed by atoms with Crippen molar-refractivity contribution in [3.05, 3.63) is 59.4 Å². The summed E-state index contributed by atoms with van der Waals surface area (Å²) in [6.07, 6.45) is 0.262. The molecule has 0 radical (unpaired) electrons. The van der Waals surface area contributed by atoms with Gasteiger partial charge in [0.2, 0.25) is 6.79 Å². The Bertz CT molecular complexity index is 975. The van der Waals surface area contributed by atoms with E-state index in [0.29, 0.717) is 22.6 Å². The summed E-state index contributed by atoms with van der Waals surface area (Å²) < 4.78 is 23.7. The zero-order valence-corrected chi connectivity index (χ0v) is 15.0. The Morgan fingerprint density at radius 3 is 2.57 bits per heavy atom. The second-order valence-electron chi connectivity index (χ2n) is 6.58. The van der Waals surface area contributed by atoms with Crippen molar-refractivity contribution in [3.8, 4) is 11.5 Å². The fourth-order valence-corrected chi connectivity index (χ4v) is 3.45. The van der Waals surface area contributed by atoms with Gasteiger partial charge in [0.1, 0.15) is 11.4 Å². The summed E-state index contributed by atoms with van der Waals surface area (Å²) in [4.78, 5) is 39.1. The molecule has 1 fully saturated rings. The van der Waals surface area contributed by atoms with Crippen LogP contribution in [-0.4, -0.2) is 36.0 Å². The number of benzene rings is 2. The third-order valence-corrected chi connectivity index (χ3v) is 5.04. The van der Waals surface area contributed by atoms with Gasteiger partial charge in [0.05, 0.1) is 6.54 Å². The first-order valence-electron chi connectivity index (χ1n) is 8.77. The number of fused-ring (bicyclic) bond motifs is 1. The van der Waals surface area contributed by atoms with Gasteiger partial charge in [0, 0.05) is 5.56 Å². The van der Waals surface area contributed by atoms with E-state index >= 15 is 0 Å². The molecule has 1 atom stereocenters. The zero-order valence-electron chi connectivity index (χ0n) is 15.0. The van der Waals surface area contributed by atoms with Crippen molar-refractivity contribution in [2.75, 3.05) is 13.3 Å². The molecule has 0 aliphatic carbocycles. The predicted octanol–water partition coefficient (Wildman–Crippen LogP) is 2.59. The number of nitrogens with zero attached hydrogens (tertiary/aromatic N) is 1. The maximum absolute atomic E-state index is 13.3. The second-order valence-corrected chi connectivity index (χ2v) is 6.58. The van der Waals surface area contributed by atoms with E-state index in [1.807, 2.05) is 0 Å². The van der Waals surface area contributed by atoms with Crippen LogP contribution in [0.5, 0.6) is 11.5 Å². The van der Waals surface area contributed by atoms with Crippen LogP contribution in [0.1, 0.15) is 29.3 Å². The van der Waals surface area contributed by atoms with Gasteiger partial charge >= 0.3 is 6.03 Å². The highest BCUT2D eigenvalue weighted by molar-refractivity contribution is 6.11. The molecule has 0 saturated carbocycles. The number of urea groups is 1. The highest BCUT2D eigenvalue weighted by Crippen LogP contribution is 2.34. The molecule has 4 rings (SSSR count). The van der Waals surface area contributed by atoms with E-state index < -0.39 is 35.6 Å². The number of hydrogen-bond donors (Lipinski definition) is 1. The Labute approximate surface area is 160 Å². The van der Waals surface area contributed by atoms with Crippen LogP contribution in [0, 0.1) is 5.82 Å². The highest BCUT2D eigenvalue weighted by Gasteiger charge is 2.51. The number of amides is 3. The van der Waals surface area contributed by atoms with Crippen molar-refractivity contribution in [3.63, 3.8) is 0 Å². The maximum Gasteiger partial charge on any atom is 0.325 e. The van der Waals surface area contributed by atoms with E-state index in [-0.39, 0.29) is 13.2 Å². The van der Waals surface area contributed by atoms with Crippen LogP contribution in [0.4, 0.5) is 9.18 Å². The largest absolute Gasteiger partial charge is 0.454 e. The summed E-state index contributed by atoms with van der Waals surface area (Å²) in [7, 11) is 0. The molecule has 0 bridgehead atoms. The third kappa shape index (κ3) is 2.77. The highest BCUT2D eigenvalue weighted by atomic mass is 19.1. The first-order valence-corrected chi connectivity index (χ1v) is 8.77. The molecule has 144 valence electrons. The Hall–Kier alpha value is -3.42. The second kappa shape index (κ2) is 6.63. The fraction of sp³-hybridized carbons (Fsp3) is 0.250. The lowest BCUT2D eigenvalue weighted by molar-refractivity contribution is -0.131. The molecule has 2 aliphatic rings. The molecule has 1 unspecified atom stereocenters. The Kier molecular flexibility index (Phi) is 4.26. The van der Waals surface area contributed by atoms with Crippen molar-refractivity contribution in [2.45, 2.75) is 18.9 Å². The van der Waals surface area contributed by atoms with Gasteiger partial charge in [-0.05, 0) is 42.3 Å². The molecule has 1 N–H and O–H groups in total. The van der Waals surface area contributed by atoms with Crippen molar-refractivity contribution in [1.29, 1.82) is 0 Å². The lowest BCUT2D eigenvalue weighted by atomic mass is 9.87. The summed E-state index contributed by atoms with van der Waals surface area (Å²) in [5, 5.41) is 2.67. The van der Waals surface area contributed by atoms with E-state index in [9.17, 15) is 18.8 Å². The molecule has 0 aromatic heterocycles. The molecule has 7 nitrogen and oxygen atoms in total. The van der Waals surface area contributed by atoms with Gasteiger partial charge in [0.25, 0.3) is 5.91 Å². The number of nitrogens with one attached hydrogen (secondary N) is 1. The van der Waals surface area contributed by atoms with Gasteiger partial charge in [-0.1, -0.05) is 19.1 Å². The molecule has 2 aromatic carbocycles. The van der Waals surface area contributed by atoms with Gasteiger partial charge in [-0.2, -0.15) is 0 Å². The van der Waals surface area contributed by atoms with Crippen molar-refractivity contribution >= 4 is 17.7 Å². The van der Waals surface area contributed by atoms with Crippen molar-refractivity contribution in [1.82, 2.24) is 10.2 Å². The smallest absolute Gasteiger partial charge is 0.325 e. The molecule has 2 aliphatic heterocycles. The Morgan fingerprint density at radius 1 is 1.14 bits per heavy atom. The molecule has 0 spiro atoms. The number of Topliss-reactive ketones (excluding diaryl/α,β-unsaturated/α-hetero) is 1. The zero-order chi connectivity index (χ0) is 19.9. The predicted molar refractivity (Wildman–Crippen MR) is 95.5 cm³/mol. The van der Waals surface area contributed by atoms with Gasteiger partial charge in [-0.3, -0.25) is 14.5 Å².